The van der Waals surface area contributed by atoms with Crippen molar-refractivity contribution in [2.75, 3.05) is 7.11 Å². The van der Waals surface area contributed by atoms with Crippen molar-refractivity contribution in [3.63, 3.8) is 0 Å². The lowest BCUT2D eigenvalue weighted by Gasteiger charge is -2.20. The van der Waals surface area contributed by atoms with E-state index >= 15 is 0 Å². The molecule has 0 bridgehead atoms. The first-order valence-corrected chi connectivity index (χ1v) is 5.08. The van der Waals surface area contributed by atoms with Crippen molar-refractivity contribution in [3.8, 4) is 5.75 Å². The second-order valence-corrected chi connectivity index (χ2v) is 4.44. The summed E-state index contributed by atoms with van der Waals surface area (Å²) < 4.78 is 18.2. The van der Waals surface area contributed by atoms with Gasteiger partial charge in [-0.05, 0) is 36.5 Å². The quantitative estimate of drug-likeness (QED) is 0.831. The largest absolute Gasteiger partial charge is 0.496 e. The Balaban J connectivity index is 2.36. The second-order valence-electron chi connectivity index (χ2n) is 4.44. The fourth-order valence-corrected chi connectivity index (χ4v) is 1.76. The van der Waals surface area contributed by atoms with Crippen molar-refractivity contribution in [2.24, 2.45) is 5.41 Å². The summed E-state index contributed by atoms with van der Waals surface area (Å²) in [5.41, 5.74) is 0.457. The summed E-state index contributed by atoms with van der Waals surface area (Å²) in [4.78, 5) is 0. The van der Waals surface area contributed by atoms with Gasteiger partial charge in [0.25, 0.3) is 0 Å². The molecule has 1 saturated carbocycles. The van der Waals surface area contributed by atoms with Gasteiger partial charge in [0.2, 0.25) is 0 Å². The summed E-state index contributed by atoms with van der Waals surface area (Å²) in [6.07, 6.45) is 1.32. The summed E-state index contributed by atoms with van der Waals surface area (Å²) in [5, 5.41) is 10.1. The van der Waals surface area contributed by atoms with Crippen molar-refractivity contribution >= 4 is 0 Å². The van der Waals surface area contributed by atoms with Gasteiger partial charge in [-0.15, -0.1) is 0 Å². The summed E-state index contributed by atoms with van der Waals surface area (Å²) in [5.74, 6) is 0.214. The molecule has 15 heavy (non-hydrogen) atoms. The zero-order valence-electron chi connectivity index (χ0n) is 8.96. The Kier molecular flexibility index (Phi) is 2.43. The van der Waals surface area contributed by atoms with Crippen LogP contribution in [0, 0.1) is 11.2 Å². The Morgan fingerprint density at radius 3 is 2.67 bits per heavy atom. The van der Waals surface area contributed by atoms with E-state index in [9.17, 15) is 9.50 Å². The minimum atomic E-state index is -0.636. The van der Waals surface area contributed by atoms with Crippen LogP contribution >= 0.6 is 0 Å². The standard InChI is InChI=1S/C12H15FO2/c1-12(5-6-12)11(14)9-7-8(13)3-4-10(9)15-2/h3-4,7,11,14H,5-6H2,1-2H3. The second kappa shape index (κ2) is 3.49. The average molecular weight is 210 g/mol. The predicted molar refractivity (Wildman–Crippen MR) is 55.3 cm³/mol. The molecule has 0 aliphatic heterocycles. The van der Waals surface area contributed by atoms with Gasteiger partial charge in [-0.2, -0.15) is 0 Å². The maximum Gasteiger partial charge on any atom is 0.124 e. The number of benzene rings is 1. The van der Waals surface area contributed by atoms with E-state index in [2.05, 4.69) is 0 Å². The lowest BCUT2D eigenvalue weighted by Crippen LogP contribution is -2.11. The molecule has 2 nitrogen and oxygen atoms in total. The number of hydrogen-bond donors (Lipinski definition) is 1. The Morgan fingerprint density at radius 2 is 2.13 bits per heavy atom. The molecule has 1 aromatic carbocycles. The third kappa shape index (κ3) is 1.84. The molecule has 2 rings (SSSR count). The van der Waals surface area contributed by atoms with Crippen molar-refractivity contribution < 1.29 is 14.2 Å². The molecule has 1 fully saturated rings. The van der Waals surface area contributed by atoms with E-state index in [1.54, 1.807) is 6.07 Å². The van der Waals surface area contributed by atoms with E-state index in [1.165, 1.54) is 19.2 Å². The topological polar surface area (TPSA) is 29.5 Å². The van der Waals surface area contributed by atoms with E-state index in [1.807, 2.05) is 6.92 Å². The van der Waals surface area contributed by atoms with Crippen LogP contribution in [0.2, 0.25) is 0 Å². The fourth-order valence-electron chi connectivity index (χ4n) is 1.76. The molecule has 0 aromatic heterocycles. The zero-order valence-corrected chi connectivity index (χ0v) is 8.96. The highest BCUT2D eigenvalue weighted by atomic mass is 19.1. The normalized spacial score (nSPS) is 19.7. The van der Waals surface area contributed by atoms with Gasteiger partial charge in [-0.1, -0.05) is 6.92 Å². The van der Waals surface area contributed by atoms with E-state index in [0.29, 0.717) is 11.3 Å². The first kappa shape index (κ1) is 10.4. The van der Waals surface area contributed by atoms with Gasteiger partial charge in [-0.3, -0.25) is 0 Å². The molecule has 3 heteroatoms. The number of ether oxygens (including phenoxy) is 1. The van der Waals surface area contributed by atoms with E-state index in [4.69, 9.17) is 4.74 Å². The molecular formula is C12H15FO2. The van der Waals surface area contributed by atoms with Gasteiger partial charge in [0.15, 0.2) is 0 Å². The van der Waals surface area contributed by atoms with Crippen LogP contribution in [0.25, 0.3) is 0 Å². The minimum Gasteiger partial charge on any atom is -0.496 e. The third-order valence-electron chi connectivity index (χ3n) is 3.19. The van der Waals surface area contributed by atoms with Crippen LogP contribution in [0.4, 0.5) is 4.39 Å². The molecule has 1 aliphatic rings. The Morgan fingerprint density at radius 1 is 1.47 bits per heavy atom. The first-order chi connectivity index (χ1) is 7.07. The molecule has 1 N–H and O–H groups in total. The van der Waals surface area contributed by atoms with Crippen molar-refractivity contribution in [1.82, 2.24) is 0 Å². The lowest BCUT2D eigenvalue weighted by molar-refractivity contribution is 0.100. The number of methoxy groups -OCH3 is 1. The summed E-state index contributed by atoms with van der Waals surface area (Å²) in [6, 6.07) is 4.25. The first-order valence-electron chi connectivity index (χ1n) is 5.08. The molecule has 0 spiro atoms. The Labute approximate surface area is 88.7 Å². The van der Waals surface area contributed by atoms with Crippen molar-refractivity contribution in [2.45, 2.75) is 25.9 Å². The molecular weight excluding hydrogens is 195 g/mol. The molecule has 0 saturated heterocycles. The number of halogens is 1. The van der Waals surface area contributed by atoms with Crippen LogP contribution in [-0.4, -0.2) is 12.2 Å². The van der Waals surface area contributed by atoms with Crippen molar-refractivity contribution in [1.29, 1.82) is 0 Å². The van der Waals surface area contributed by atoms with Crippen LogP contribution in [-0.2, 0) is 0 Å². The third-order valence-corrected chi connectivity index (χ3v) is 3.19. The van der Waals surface area contributed by atoms with Gasteiger partial charge in [0.05, 0.1) is 13.2 Å². The highest BCUT2D eigenvalue weighted by molar-refractivity contribution is 5.37. The summed E-state index contributed by atoms with van der Waals surface area (Å²) >= 11 is 0. The van der Waals surface area contributed by atoms with Crippen LogP contribution in [0.1, 0.15) is 31.4 Å². The summed E-state index contributed by atoms with van der Waals surface area (Å²) in [6.45, 7) is 2.00. The van der Waals surface area contributed by atoms with Crippen molar-refractivity contribution in [3.05, 3.63) is 29.6 Å². The number of aliphatic hydroxyl groups is 1. The van der Waals surface area contributed by atoms with Gasteiger partial charge >= 0.3 is 0 Å². The average Bonchev–Trinajstić information content (AvgIpc) is 2.96. The molecule has 1 unspecified atom stereocenters. The minimum absolute atomic E-state index is 0.0962. The maximum atomic E-state index is 13.1. The SMILES string of the molecule is COc1ccc(F)cc1C(O)C1(C)CC1. The van der Waals surface area contributed by atoms with E-state index < -0.39 is 6.10 Å². The zero-order chi connectivity index (χ0) is 11.1. The van der Waals surface area contributed by atoms with Gasteiger partial charge in [0.1, 0.15) is 11.6 Å². The van der Waals surface area contributed by atoms with Gasteiger partial charge in [-0.25, -0.2) is 4.39 Å². The molecule has 1 aliphatic carbocycles. The monoisotopic (exact) mass is 210 g/mol. The van der Waals surface area contributed by atoms with E-state index in [0.717, 1.165) is 12.8 Å². The van der Waals surface area contributed by atoms with Crippen LogP contribution in [0.3, 0.4) is 0 Å². The number of aliphatic hydroxyl groups excluding tert-OH is 1. The molecule has 0 heterocycles. The smallest absolute Gasteiger partial charge is 0.124 e. The predicted octanol–water partition coefficient (Wildman–Crippen LogP) is 2.67. The molecule has 0 amide bonds. The summed E-state index contributed by atoms with van der Waals surface area (Å²) in [7, 11) is 1.53. The molecule has 1 atom stereocenters. The van der Waals surface area contributed by atoms with Crippen LogP contribution in [0.15, 0.2) is 18.2 Å². The van der Waals surface area contributed by atoms with Crippen LogP contribution < -0.4 is 4.74 Å². The molecule has 1 aromatic rings. The maximum absolute atomic E-state index is 13.1. The number of hydrogen-bond acceptors (Lipinski definition) is 2. The Hall–Kier alpha value is -1.09. The lowest BCUT2D eigenvalue weighted by atomic mass is 9.94. The van der Waals surface area contributed by atoms with E-state index in [-0.39, 0.29) is 11.2 Å². The van der Waals surface area contributed by atoms with Gasteiger partial charge < -0.3 is 9.84 Å². The molecule has 0 radical (unpaired) electrons. The fraction of sp³-hybridized carbons (Fsp3) is 0.500. The highest BCUT2D eigenvalue weighted by Crippen LogP contribution is 2.55. The van der Waals surface area contributed by atoms with Crippen LogP contribution in [0.5, 0.6) is 5.75 Å². The highest BCUT2D eigenvalue weighted by Gasteiger charge is 2.45. The van der Waals surface area contributed by atoms with Gasteiger partial charge in [0, 0.05) is 5.56 Å². The molecule has 82 valence electrons. The Bertz CT molecular complexity index is 372. The number of rotatable bonds is 3.